The molecule has 0 unspecified atom stereocenters. The first-order valence-electron chi connectivity index (χ1n) is 8.22. The van der Waals surface area contributed by atoms with Crippen molar-refractivity contribution in [2.45, 2.75) is 32.0 Å². The van der Waals surface area contributed by atoms with E-state index >= 15 is 0 Å². The zero-order valence-corrected chi connectivity index (χ0v) is 14.4. The molecule has 0 spiro atoms. The van der Waals surface area contributed by atoms with Gasteiger partial charge >= 0.3 is 0 Å². The van der Waals surface area contributed by atoms with Crippen LogP contribution in [0.1, 0.15) is 34.8 Å². The van der Waals surface area contributed by atoms with Crippen LogP contribution in [0.25, 0.3) is 4.96 Å². The molecule has 1 amide bonds. The molecule has 3 aromatic rings. The Bertz CT molecular complexity index is 842. The maximum absolute atomic E-state index is 12.2. The van der Waals surface area contributed by atoms with E-state index in [9.17, 15) is 9.90 Å². The first-order valence-corrected chi connectivity index (χ1v) is 9.10. The van der Waals surface area contributed by atoms with E-state index in [1.807, 2.05) is 22.2 Å². The number of likely N-dealkylation sites (tertiary alicyclic amines) is 1. The monoisotopic (exact) mass is 361 g/mol. The van der Waals surface area contributed by atoms with Crippen molar-refractivity contribution in [2.24, 2.45) is 0 Å². The van der Waals surface area contributed by atoms with Gasteiger partial charge in [0, 0.05) is 30.4 Å². The summed E-state index contributed by atoms with van der Waals surface area (Å²) in [5.41, 5.74) is 1.06. The van der Waals surface area contributed by atoms with Crippen molar-refractivity contribution in [3.05, 3.63) is 41.0 Å². The van der Waals surface area contributed by atoms with Gasteiger partial charge < -0.3 is 14.9 Å². The number of piperidine rings is 1. The van der Waals surface area contributed by atoms with Crippen LogP contribution in [-0.2, 0) is 13.1 Å². The second-order valence-electron chi connectivity index (χ2n) is 6.22. The average Bonchev–Trinajstić information content (AvgIpc) is 3.28. The minimum absolute atomic E-state index is 0.258. The highest BCUT2D eigenvalue weighted by Crippen LogP contribution is 2.15. The summed E-state index contributed by atoms with van der Waals surface area (Å²) < 4.78 is 7.18. The van der Waals surface area contributed by atoms with Crippen molar-refractivity contribution in [2.75, 3.05) is 13.1 Å². The number of carbonyl (C=O) groups excluding carboxylic acids is 1. The van der Waals surface area contributed by atoms with Gasteiger partial charge in [-0.2, -0.15) is 0 Å². The fourth-order valence-electron chi connectivity index (χ4n) is 3.01. The van der Waals surface area contributed by atoms with Crippen LogP contribution in [0.5, 0.6) is 0 Å². The fraction of sp³-hybridized carbons (Fsp3) is 0.438. The fourth-order valence-corrected chi connectivity index (χ4v) is 3.73. The van der Waals surface area contributed by atoms with E-state index in [1.54, 1.807) is 17.4 Å². The molecule has 8 nitrogen and oxygen atoms in total. The third-order valence-electron chi connectivity index (χ3n) is 4.22. The number of aliphatic hydroxyl groups excluding tert-OH is 1. The lowest BCUT2D eigenvalue weighted by Crippen LogP contribution is -2.37. The van der Waals surface area contributed by atoms with Gasteiger partial charge in [-0.3, -0.25) is 14.1 Å². The maximum Gasteiger partial charge on any atom is 0.273 e. The zero-order chi connectivity index (χ0) is 17.2. The number of imidazole rings is 1. The molecule has 25 heavy (non-hydrogen) atoms. The third-order valence-corrected chi connectivity index (χ3v) is 5.00. The van der Waals surface area contributed by atoms with Crippen LogP contribution in [0.15, 0.2) is 28.4 Å². The van der Waals surface area contributed by atoms with E-state index in [0.29, 0.717) is 25.4 Å². The molecule has 1 aliphatic rings. The number of nitrogens with zero attached hydrogens (tertiary/aromatic N) is 4. The molecular formula is C16H19N5O3S. The lowest BCUT2D eigenvalue weighted by Gasteiger charge is -2.28. The number of fused-ring (bicyclic) bond motifs is 1. The molecule has 2 N–H and O–H groups in total. The first-order chi connectivity index (χ1) is 12.2. The molecule has 132 valence electrons. The summed E-state index contributed by atoms with van der Waals surface area (Å²) in [4.78, 5) is 19.6. The topological polar surface area (TPSA) is 95.9 Å². The summed E-state index contributed by atoms with van der Waals surface area (Å²) in [6, 6.07) is 1.65. The van der Waals surface area contributed by atoms with E-state index in [4.69, 9.17) is 4.52 Å². The summed E-state index contributed by atoms with van der Waals surface area (Å²) in [6.07, 6.45) is 5.34. The number of nitrogens with one attached hydrogen (secondary N) is 1. The van der Waals surface area contributed by atoms with Gasteiger partial charge in [-0.1, -0.05) is 5.16 Å². The largest absolute Gasteiger partial charge is 0.392 e. The van der Waals surface area contributed by atoms with E-state index in [1.165, 1.54) is 0 Å². The van der Waals surface area contributed by atoms with Gasteiger partial charge in [0.15, 0.2) is 16.4 Å². The molecule has 1 fully saturated rings. The molecule has 0 radical (unpaired) electrons. The van der Waals surface area contributed by atoms with Gasteiger partial charge in [0.1, 0.15) is 0 Å². The molecule has 0 saturated carbocycles. The number of aromatic nitrogens is 3. The summed E-state index contributed by atoms with van der Waals surface area (Å²) in [6.45, 7) is 2.43. The summed E-state index contributed by atoms with van der Waals surface area (Å²) in [5.74, 6) is 0.340. The Hall–Kier alpha value is -2.23. The number of carbonyl (C=O) groups is 1. The number of thiazole rings is 1. The normalized spacial score (nSPS) is 18.7. The van der Waals surface area contributed by atoms with Crippen molar-refractivity contribution in [1.82, 2.24) is 24.8 Å². The molecule has 0 aromatic carbocycles. The van der Waals surface area contributed by atoms with Crippen molar-refractivity contribution < 1.29 is 14.4 Å². The third kappa shape index (κ3) is 3.73. The van der Waals surface area contributed by atoms with Crippen LogP contribution in [0.2, 0.25) is 0 Å². The number of amides is 1. The molecular weight excluding hydrogens is 342 g/mol. The maximum atomic E-state index is 12.2. The predicted octanol–water partition coefficient (Wildman–Crippen LogP) is 1.27. The SMILES string of the molecule is O=C(NCc1cn2ccsc2n1)c1cc(CN2CCC[C@@H](O)C2)on1. The Morgan fingerprint density at radius 2 is 2.44 bits per heavy atom. The van der Waals surface area contributed by atoms with E-state index in [2.05, 4.69) is 20.4 Å². The second kappa shape index (κ2) is 6.95. The van der Waals surface area contributed by atoms with Gasteiger partial charge in [-0.15, -0.1) is 11.3 Å². The minimum Gasteiger partial charge on any atom is -0.392 e. The Morgan fingerprint density at radius 1 is 1.52 bits per heavy atom. The Labute approximate surface area is 148 Å². The van der Waals surface area contributed by atoms with Crippen LogP contribution >= 0.6 is 11.3 Å². The smallest absolute Gasteiger partial charge is 0.273 e. The van der Waals surface area contributed by atoms with Crippen molar-refractivity contribution in [1.29, 1.82) is 0 Å². The molecule has 0 aliphatic carbocycles. The highest BCUT2D eigenvalue weighted by atomic mass is 32.1. The molecule has 9 heteroatoms. The van der Waals surface area contributed by atoms with Crippen LogP contribution in [0, 0.1) is 0 Å². The number of hydrogen-bond acceptors (Lipinski definition) is 7. The molecule has 1 atom stereocenters. The van der Waals surface area contributed by atoms with E-state index < -0.39 is 0 Å². The van der Waals surface area contributed by atoms with Crippen LogP contribution < -0.4 is 5.32 Å². The van der Waals surface area contributed by atoms with E-state index in [-0.39, 0.29) is 17.7 Å². The van der Waals surface area contributed by atoms with Crippen molar-refractivity contribution in [3.8, 4) is 0 Å². The van der Waals surface area contributed by atoms with Gasteiger partial charge in [0.05, 0.1) is 24.9 Å². The summed E-state index contributed by atoms with van der Waals surface area (Å²) in [7, 11) is 0. The Balaban J connectivity index is 1.33. The van der Waals surface area contributed by atoms with Crippen molar-refractivity contribution in [3.63, 3.8) is 0 Å². The number of aliphatic hydroxyl groups is 1. The molecule has 4 rings (SSSR count). The second-order valence-corrected chi connectivity index (χ2v) is 7.09. The van der Waals surface area contributed by atoms with E-state index in [0.717, 1.165) is 30.0 Å². The van der Waals surface area contributed by atoms with Crippen LogP contribution in [0.4, 0.5) is 0 Å². The lowest BCUT2D eigenvalue weighted by molar-refractivity contribution is 0.0622. The minimum atomic E-state index is -0.288. The first kappa shape index (κ1) is 16.2. The molecule has 4 heterocycles. The molecule has 1 aliphatic heterocycles. The van der Waals surface area contributed by atoms with Crippen LogP contribution in [0.3, 0.4) is 0 Å². The van der Waals surface area contributed by atoms with Gasteiger partial charge in [-0.05, 0) is 19.4 Å². The Morgan fingerprint density at radius 3 is 3.28 bits per heavy atom. The van der Waals surface area contributed by atoms with Crippen LogP contribution in [-0.4, -0.2) is 49.6 Å². The number of β-amino-alcohol motifs (C(OH)–C–C–N with tert-alkyl or cyclic N) is 1. The standard InChI is InChI=1S/C16H19N5O3S/c22-12-2-1-3-20(9-12)10-13-6-14(19-24-13)15(23)17-7-11-8-21-4-5-25-16(21)18-11/h4-6,8,12,22H,1-3,7,9-10H2,(H,17,23)/t12-/m1/s1. The zero-order valence-electron chi connectivity index (χ0n) is 13.6. The highest BCUT2D eigenvalue weighted by molar-refractivity contribution is 7.15. The van der Waals surface area contributed by atoms with Gasteiger partial charge in [-0.25, -0.2) is 4.98 Å². The highest BCUT2D eigenvalue weighted by Gasteiger charge is 2.20. The molecule has 3 aromatic heterocycles. The Kier molecular flexibility index (Phi) is 4.51. The average molecular weight is 361 g/mol. The molecule has 1 saturated heterocycles. The number of hydrogen-bond donors (Lipinski definition) is 2. The summed E-state index contributed by atoms with van der Waals surface area (Å²) in [5, 5.41) is 18.3. The summed E-state index contributed by atoms with van der Waals surface area (Å²) >= 11 is 1.55. The lowest BCUT2D eigenvalue weighted by atomic mass is 10.1. The van der Waals surface area contributed by atoms with Gasteiger partial charge in [0.25, 0.3) is 5.91 Å². The van der Waals surface area contributed by atoms with Gasteiger partial charge in [0.2, 0.25) is 0 Å². The quantitative estimate of drug-likeness (QED) is 0.711. The predicted molar refractivity (Wildman–Crippen MR) is 91.3 cm³/mol. The number of rotatable bonds is 5. The van der Waals surface area contributed by atoms with Crippen molar-refractivity contribution >= 4 is 22.2 Å². The molecule has 0 bridgehead atoms.